The number of nitrogens with zero attached hydrogens (tertiary/aromatic N) is 2. The summed E-state index contributed by atoms with van der Waals surface area (Å²) in [5, 5.41) is 1.87. The molecular weight excluding hydrogens is 448 g/mol. The third kappa shape index (κ3) is 3.79. The van der Waals surface area contributed by atoms with Crippen molar-refractivity contribution in [2.75, 3.05) is 41.2 Å². The molecule has 2 amide bonds. The first-order chi connectivity index (χ1) is 16.4. The molecule has 2 bridgehead atoms. The number of carbonyl (C=O) groups is 3. The van der Waals surface area contributed by atoms with Gasteiger partial charge >= 0.3 is 12.2 Å². The smallest absolute Gasteiger partial charge is 0.432 e. The van der Waals surface area contributed by atoms with Crippen LogP contribution in [0.4, 0.5) is 9.59 Å². The van der Waals surface area contributed by atoms with Gasteiger partial charge in [-0.15, -0.1) is 0 Å². The molecule has 1 aliphatic carbocycles. The van der Waals surface area contributed by atoms with Crippen LogP contribution < -0.4 is 14.2 Å². The Hall–Kier alpha value is -3.47. The number of benzene rings is 1. The van der Waals surface area contributed by atoms with Gasteiger partial charge < -0.3 is 28.4 Å². The van der Waals surface area contributed by atoms with Crippen LogP contribution in [-0.2, 0) is 14.2 Å². The standard InChI is InChI=1S/C23H30N2O9/c1-7-12-34-19-17-14(13-16(29-4)18(19)30-5)15-10-11-23(31-6,20(17)26)25(22(28)33-9-3)24(15)21(27)32-8-2/h10-11,13,15H,7-9,12H2,1-6H3/t15-,23-/m1/s1. The lowest BCUT2D eigenvalue weighted by Crippen LogP contribution is -2.66. The highest BCUT2D eigenvalue weighted by atomic mass is 16.6. The number of rotatable bonds is 8. The molecule has 4 rings (SSSR count). The van der Waals surface area contributed by atoms with Gasteiger partial charge in [-0.3, -0.25) is 4.79 Å². The molecular formula is C23H30N2O9. The first-order valence-corrected chi connectivity index (χ1v) is 11.0. The van der Waals surface area contributed by atoms with Gasteiger partial charge in [0.15, 0.2) is 11.5 Å². The molecule has 11 heteroatoms. The summed E-state index contributed by atoms with van der Waals surface area (Å²) in [6, 6.07) is 0.643. The van der Waals surface area contributed by atoms with Crippen molar-refractivity contribution in [3.05, 3.63) is 29.3 Å². The predicted octanol–water partition coefficient (Wildman–Crippen LogP) is 3.47. The number of carbonyl (C=O) groups excluding carboxylic acids is 3. The van der Waals surface area contributed by atoms with Gasteiger partial charge in [0, 0.05) is 7.11 Å². The van der Waals surface area contributed by atoms with Gasteiger partial charge in [-0.1, -0.05) is 13.0 Å². The molecule has 0 N–H and O–H groups in total. The zero-order valence-electron chi connectivity index (χ0n) is 20.2. The molecule has 1 aromatic carbocycles. The maximum atomic E-state index is 14.2. The Morgan fingerprint density at radius 2 is 1.68 bits per heavy atom. The Morgan fingerprint density at radius 3 is 2.24 bits per heavy atom. The minimum absolute atomic E-state index is 0.00776. The van der Waals surface area contributed by atoms with Crippen molar-refractivity contribution in [1.82, 2.24) is 10.0 Å². The average Bonchev–Trinajstić information content (AvgIpc) is 3.01. The Bertz CT molecular complexity index is 993. The fourth-order valence-electron chi connectivity index (χ4n) is 4.07. The van der Waals surface area contributed by atoms with Crippen LogP contribution in [0.5, 0.6) is 17.2 Å². The zero-order chi connectivity index (χ0) is 25.0. The van der Waals surface area contributed by atoms with Gasteiger partial charge in [-0.05, 0) is 38.0 Å². The Morgan fingerprint density at radius 1 is 1.00 bits per heavy atom. The lowest BCUT2D eigenvalue weighted by atomic mass is 9.95. The van der Waals surface area contributed by atoms with E-state index in [9.17, 15) is 14.4 Å². The van der Waals surface area contributed by atoms with E-state index in [2.05, 4.69) is 0 Å². The molecule has 1 aromatic rings. The molecule has 186 valence electrons. The lowest BCUT2D eigenvalue weighted by Gasteiger charge is -2.46. The Kier molecular flexibility index (Phi) is 7.55. The van der Waals surface area contributed by atoms with Crippen molar-refractivity contribution in [1.29, 1.82) is 0 Å². The molecule has 0 spiro atoms. The van der Waals surface area contributed by atoms with Gasteiger partial charge in [0.2, 0.25) is 17.3 Å². The van der Waals surface area contributed by atoms with E-state index in [0.29, 0.717) is 12.0 Å². The second-order valence-electron chi connectivity index (χ2n) is 7.34. The third-order valence-corrected chi connectivity index (χ3v) is 5.48. The number of amides is 2. The summed E-state index contributed by atoms with van der Waals surface area (Å²) < 4.78 is 33.1. The molecule has 0 saturated carbocycles. The molecule has 2 aliphatic heterocycles. The molecule has 2 atom stereocenters. The normalized spacial score (nSPS) is 20.5. The molecule has 0 fully saturated rings. The lowest BCUT2D eigenvalue weighted by molar-refractivity contribution is -0.158. The maximum absolute atomic E-state index is 14.2. The van der Waals surface area contributed by atoms with E-state index in [-0.39, 0.29) is 42.6 Å². The number of ether oxygens (including phenoxy) is 6. The zero-order valence-corrected chi connectivity index (χ0v) is 20.2. The molecule has 11 nitrogen and oxygen atoms in total. The van der Waals surface area contributed by atoms with Crippen molar-refractivity contribution < 1.29 is 42.8 Å². The predicted molar refractivity (Wildman–Crippen MR) is 119 cm³/mol. The van der Waals surface area contributed by atoms with Crippen LogP contribution in [0.1, 0.15) is 49.2 Å². The van der Waals surface area contributed by atoms with Gasteiger partial charge in [0.25, 0.3) is 0 Å². The fourth-order valence-corrected chi connectivity index (χ4v) is 4.07. The van der Waals surface area contributed by atoms with Crippen molar-refractivity contribution in [2.24, 2.45) is 0 Å². The van der Waals surface area contributed by atoms with E-state index in [4.69, 9.17) is 28.4 Å². The number of ketones is 1. The molecule has 0 radical (unpaired) electrons. The number of hydrazine groups is 1. The third-order valence-electron chi connectivity index (χ3n) is 5.48. The van der Waals surface area contributed by atoms with Gasteiger partial charge in [-0.25, -0.2) is 9.59 Å². The average molecular weight is 478 g/mol. The minimum Gasteiger partial charge on any atom is -0.493 e. The van der Waals surface area contributed by atoms with E-state index in [1.54, 1.807) is 26.0 Å². The quantitative estimate of drug-likeness (QED) is 0.518. The van der Waals surface area contributed by atoms with E-state index in [0.717, 1.165) is 10.0 Å². The van der Waals surface area contributed by atoms with Crippen LogP contribution in [0, 0.1) is 0 Å². The molecule has 0 aromatic heterocycles. The fraction of sp³-hybridized carbons (Fsp3) is 0.522. The second kappa shape index (κ2) is 10.2. The topological polar surface area (TPSA) is 113 Å². The largest absolute Gasteiger partial charge is 0.493 e. The van der Waals surface area contributed by atoms with Crippen molar-refractivity contribution in [3.8, 4) is 17.2 Å². The van der Waals surface area contributed by atoms with Gasteiger partial charge in [0.05, 0.1) is 39.6 Å². The molecule has 0 saturated heterocycles. The summed E-state index contributed by atoms with van der Waals surface area (Å²) in [6.07, 6.45) is 1.86. The Labute approximate surface area is 198 Å². The van der Waals surface area contributed by atoms with Crippen LogP contribution in [0.3, 0.4) is 0 Å². The van der Waals surface area contributed by atoms with E-state index < -0.39 is 29.7 Å². The highest BCUT2D eigenvalue weighted by Gasteiger charge is 2.59. The van der Waals surface area contributed by atoms with Crippen LogP contribution in [0.25, 0.3) is 0 Å². The van der Waals surface area contributed by atoms with Crippen LogP contribution in [-0.4, -0.2) is 74.9 Å². The van der Waals surface area contributed by atoms with Crippen molar-refractivity contribution in [3.63, 3.8) is 0 Å². The highest BCUT2D eigenvalue weighted by molar-refractivity contribution is 6.10. The van der Waals surface area contributed by atoms with E-state index >= 15 is 0 Å². The summed E-state index contributed by atoms with van der Waals surface area (Å²) in [5.74, 6) is -0.0122. The van der Waals surface area contributed by atoms with Crippen LogP contribution in [0.15, 0.2) is 18.2 Å². The summed E-state index contributed by atoms with van der Waals surface area (Å²) in [4.78, 5) is 40.4. The van der Waals surface area contributed by atoms with Crippen LogP contribution in [0.2, 0.25) is 0 Å². The van der Waals surface area contributed by atoms with E-state index in [1.165, 1.54) is 27.4 Å². The molecule has 3 aliphatic rings. The molecule has 34 heavy (non-hydrogen) atoms. The Balaban J connectivity index is 2.39. The first kappa shape index (κ1) is 25.2. The molecule has 2 heterocycles. The summed E-state index contributed by atoms with van der Waals surface area (Å²) >= 11 is 0. The van der Waals surface area contributed by atoms with E-state index in [1.807, 2.05) is 6.92 Å². The number of Topliss-reactive ketones (excluding diaryl/α,β-unsaturated/α-hetero) is 1. The number of hydrogen-bond acceptors (Lipinski definition) is 9. The van der Waals surface area contributed by atoms with Gasteiger partial charge in [-0.2, -0.15) is 10.0 Å². The second-order valence-corrected chi connectivity index (χ2v) is 7.34. The first-order valence-electron chi connectivity index (χ1n) is 11.0. The van der Waals surface area contributed by atoms with Crippen molar-refractivity contribution >= 4 is 18.0 Å². The monoisotopic (exact) mass is 478 g/mol. The highest BCUT2D eigenvalue weighted by Crippen LogP contribution is 2.51. The summed E-state index contributed by atoms with van der Waals surface area (Å²) in [6.45, 7) is 5.49. The minimum atomic E-state index is -2.04. The SMILES string of the molecule is CCCOc1c(OC)c(OC)cc2c1C(=O)[C@]1(OC)C=C[C@H]2N(C(=O)OCC)N1C(=O)OCC. The van der Waals surface area contributed by atoms with Gasteiger partial charge in [0.1, 0.15) is 6.04 Å². The summed E-state index contributed by atoms with van der Waals surface area (Å²) in [7, 11) is 4.14. The summed E-state index contributed by atoms with van der Waals surface area (Å²) in [5.41, 5.74) is -1.59. The van der Waals surface area contributed by atoms with Crippen molar-refractivity contribution in [2.45, 2.75) is 39.0 Å². The van der Waals surface area contributed by atoms with Crippen LogP contribution >= 0.6 is 0 Å². The maximum Gasteiger partial charge on any atom is 0.432 e. The number of hydrogen-bond donors (Lipinski definition) is 0. The number of fused-ring (bicyclic) bond motifs is 1. The molecule has 0 unspecified atom stereocenters. The number of methoxy groups -OCH3 is 3.